The number of carboxylic acids is 1. The minimum absolute atomic E-state index is 0.126. The minimum atomic E-state index is -2.05. The topological polar surface area (TPSA) is 145 Å². The number of aromatic hydroxyl groups is 3. The number of benzene rings is 2. The molecule has 0 spiro atoms. The average molecular weight is 494 g/mol. The number of hydrogen-bond acceptors (Lipinski definition) is 8. The van der Waals surface area contributed by atoms with Gasteiger partial charge in [0.15, 0.2) is 40.1 Å². The summed E-state index contributed by atoms with van der Waals surface area (Å²) in [6.45, 7) is 0.776. The summed E-state index contributed by atoms with van der Waals surface area (Å²) in [5, 5.41) is 39.6. The lowest BCUT2D eigenvalue weighted by atomic mass is 9.62. The van der Waals surface area contributed by atoms with Crippen LogP contribution in [-0.2, 0) is 14.4 Å². The third-order valence-electron chi connectivity index (χ3n) is 7.04. The highest BCUT2D eigenvalue weighted by atomic mass is 16.5. The molecule has 9 heteroatoms. The molecule has 0 aliphatic carbocycles. The Labute approximate surface area is 207 Å². The van der Waals surface area contributed by atoms with Crippen LogP contribution >= 0.6 is 0 Å². The van der Waals surface area contributed by atoms with Crippen molar-refractivity contribution in [3.8, 4) is 23.0 Å². The van der Waals surface area contributed by atoms with Gasteiger partial charge in [-0.15, -0.1) is 0 Å². The second-order valence-electron chi connectivity index (χ2n) is 8.99. The number of rotatable bonds is 8. The molecular weight excluding hydrogens is 466 g/mol. The number of phenols is 3. The number of hydrogen-bond donors (Lipinski definition) is 4. The van der Waals surface area contributed by atoms with Crippen LogP contribution in [0, 0.1) is 11.8 Å². The molecule has 3 heterocycles. The number of methoxy groups -OCH3 is 1. The van der Waals surface area contributed by atoms with Gasteiger partial charge in [-0.3, -0.25) is 14.5 Å². The summed E-state index contributed by atoms with van der Waals surface area (Å²) < 4.78 is 5.01. The quantitative estimate of drug-likeness (QED) is 0.248. The number of ether oxygens (including phenoxy) is 1. The first-order valence-corrected chi connectivity index (χ1v) is 11.5. The Morgan fingerprint density at radius 2 is 1.53 bits per heavy atom. The van der Waals surface area contributed by atoms with Crippen molar-refractivity contribution in [3.05, 3.63) is 59.7 Å². The Bertz CT molecular complexity index is 1260. The second-order valence-corrected chi connectivity index (χ2v) is 8.99. The summed E-state index contributed by atoms with van der Waals surface area (Å²) in [6, 6.07) is 8.58. The molecule has 2 atom stereocenters. The van der Waals surface area contributed by atoms with Gasteiger partial charge < -0.3 is 25.2 Å². The van der Waals surface area contributed by atoms with E-state index in [1.54, 1.807) is 11.0 Å². The van der Waals surface area contributed by atoms with Crippen molar-refractivity contribution in [2.45, 2.75) is 18.4 Å². The Hall–Kier alpha value is -4.11. The van der Waals surface area contributed by atoms with E-state index in [1.807, 2.05) is 0 Å². The largest absolute Gasteiger partial charge is 0.504 e. The van der Waals surface area contributed by atoms with Crippen LogP contribution in [0.2, 0.25) is 0 Å². The first kappa shape index (κ1) is 25.0. The van der Waals surface area contributed by atoms with Gasteiger partial charge in [-0.05, 0) is 79.4 Å². The Kier molecular flexibility index (Phi) is 6.85. The molecule has 2 unspecified atom stereocenters. The molecule has 0 amide bonds. The molecule has 0 saturated carbocycles. The van der Waals surface area contributed by atoms with Gasteiger partial charge in [-0.25, -0.2) is 4.79 Å². The number of aliphatic carboxylic acids is 1. The van der Waals surface area contributed by atoms with Crippen LogP contribution in [0.25, 0.3) is 12.2 Å². The van der Waals surface area contributed by atoms with E-state index in [9.17, 15) is 34.8 Å². The number of carboxylic acid groups (broad SMARTS) is 1. The van der Waals surface area contributed by atoms with Gasteiger partial charge >= 0.3 is 5.97 Å². The molecule has 3 aliphatic rings. The zero-order valence-electron chi connectivity index (χ0n) is 19.6. The van der Waals surface area contributed by atoms with Crippen LogP contribution in [0.1, 0.15) is 24.0 Å². The maximum Gasteiger partial charge on any atom is 0.333 e. The molecule has 0 aromatic heterocycles. The molecule has 5 rings (SSSR count). The van der Waals surface area contributed by atoms with E-state index in [-0.39, 0.29) is 28.9 Å². The Balaban J connectivity index is 1.68. The SMILES string of the molecule is COc1ccc(/C=C/C(=O)C2(C(=O)O)C(C(=O)/C=C/c3ccc(O)c(O)c3)C3CCN2CC3)cc1O. The molecule has 188 valence electrons. The van der Waals surface area contributed by atoms with Gasteiger partial charge in [0.1, 0.15) is 0 Å². The van der Waals surface area contributed by atoms with Crippen molar-refractivity contribution in [1.82, 2.24) is 4.90 Å². The molecule has 36 heavy (non-hydrogen) atoms. The fourth-order valence-corrected chi connectivity index (χ4v) is 5.28. The molecule has 0 radical (unpaired) electrons. The highest BCUT2D eigenvalue weighted by Crippen LogP contribution is 2.46. The summed E-state index contributed by atoms with van der Waals surface area (Å²) in [5.41, 5.74) is -1.15. The Morgan fingerprint density at radius 1 is 0.917 bits per heavy atom. The first-order chi connectivity index (χ1) is 17.2. The maximum atomic E-state index is 13.6. The van der Waals surface area contributed by atoms with Crippen LogP contribution in [0.4, 0.5) is 0 Å². The van der Waals surface area contributed by atoms with Gasteiger partial charge in [0.2, 0.25) is 0 Å². The third kappa shape index (κ3) is 4.33. The molecule has 9 nitrogen and oxygen atoms in total. The van der Waals surface area contributed by atoms with E-state index in [0.29, 0.717) is 37.1 Å². The van der Waals surface area contributed by atoms with E-state index in [4.69, 9.17) is 4.74 Å². The summed E-state index contributed by atoms with van der Waals surface area (Å²) in [4.78, 5) is 41.3. The highest BCUT2D eigenvalue weighted by Gasteiger charge is 2.64. The molecule has 2 bridgehead atoms. The van der Waals surface area contributed by atoms with E-state index >= 15 is 0 Å². The lowest BCUT2D eigenvalue weighted by Crippen LogP contribution is -2.73. The first-order valence-electron chi connectivity index (χ1n) is 11.5. The fraction of sp³-hybridized carbons (Fsp3) is 0.296. The molecule has 4 N–H and O–H groups in total. The summed E-state index contributed by atoms with van der Waals surface area (Å²) in [5.74, 6) is -4.49. The fourth-order valence-electron chi connectivity index (χ4n) is 5.28. The van der Waals surface area contributed by atoms with Crippen molar-refractivity contribution in [2.24, 2.45) is 11.8 Å². The summed E-state index contributed by atoms with van der Waals surface area (Å²) in [6.07, 6.45) is 6.41. The predicted molar refractivity (Wildman–Crippen MR) is 131 cm³/mol. The number of nitrogens with zero attached hydrogens (tertiary/aromatic N) is 1. The average Bonchev–Trinajstić information content (AvgIpc) is 2.87. The highest BCUT2D eigenvalue weighted by molar-refractivity contribution is 6.19. The zero-order valence-corrected chi connectivity index (χ0v) is 19.6. The van der Waals surface area contributed by atoms with Gasteiger partial charge in [0.05, 0.1) is 13.0 Å². The molecule has 3 aliphatic heterocycles. The number of carbonyl (C=O) groups excluding carboxylic acids is 2. The molecular formula is C27H27NO8. The van der Waals surface area contributed by atoms with Crippen LogP contribution in [-0.4, -0.2) is 68.6 Å². The lowest BCUT2D eigenvalue weighted by Gasteiger charge is -2.54. The number of carbonyl (C=O) groups is 3. The third-order valence-corrected chi connectivity index (χ3v) is 7.04. The molecule has 2 aromatic carbocycles. The maximum absolute atomic E-state index is 13.6. The number of fused-ring (bicyclic) bond motifs is 3. The summed E-state index contributed by atoms with van der Waals surface area (Å²) in [7, 11) is 1.41. The second kappa shape index (κ2) is 9.87. The van der Waals surface area contributed by atoms with Gasteiger partial charge in [0, 0.05) is 0 Å². The van der Waals surface area contributed by atoms with Crippen molar-refractivity contribution in [2.75, 3.05) is 20.2 Å². The van der Waals surface area contributed by atoms with Crippen LogP contribution in [0.15, 0.2) is 48.6 Å². The standard InChI is InChI=1S/C27H27NO8/c1-36-23-8-4-17(15-22(23)32)5-9-24(33)27(26(34)35)25(18-10-12-28(27)13-11-18)20(30)7-3-16-2-6-19(29)21(31)14-16/h2-9,14-15,18,25,29,31-32H,10-13H2,1H3,(H,34,35)/b7-3+,9-5+. The number of allylic oxidation sites excluding steroid dienone is 1. The lowest BCUT2D eigenvalue weighted by molar-refractivity contribution is -0.176. The van der Waals surface area contributed by atoms with Crippen LogP contribution in [0.5, 0.6) is 23.0 Å². The zero-order chi connectivity index (χ0) is 26.0. The molecule has 3 fully saturated rings. The van der Waals surface area contributed by atoms with E-state index < -0.39 is 29.0 Å². The van der Waals surface area contributed by atoms with Crippen LogP contribution < -0.4 is 4.74 Å². The van der Waals surface area contributed by atoms with E-state index in [0.717, 1.165) is 6.08 Å². The monoisotopic (exact) mass is 493 g/mol. The molecule has 3 saturated heterocycles. The Morgan fingerprint density at radius 3 is 2.11 bits per heavy atom. The van der Waals surface area contributed by atoms with Gasteiger partial charge in [-0.1, -0.05) is 24.3 Å². The number of piperidine rings is 3. The number of ketones is 2. The summed E-state index contributed by atoms with van der Waals surface area (Å²) >= 11 is 0. The van der Waals surface area contributed by atoms with Crippen molar-refractivity contribution in [3.63, 3.8) is 0 Å². The normalized spacial score (nSPS) is 25.3. The van der Waals surface area contributed by atoms with Gasteiger partial charge in [-0.2, -0.15) is 0 Å². The molecule has 2 aromatic rings. The van der Waals surface area contributed by atoms with Crippen LogP contribution in [0.3, 0.4) is 0 Å². The smallest absolute Gasteiger partial charge is 0.333 e. The van der Waals surface area contributed by atoms with E-state index in [2.05, 4.69) is 0 Å². The predicted octanol–water partition coefficient (Wildman–Crippen LogP) is 2.84. The van der Waals surface area contributed by atoms with Crippen molar-refractivity contribution >= 4 is 29.7 Å². The van der Waals surface area contributed by atoms with Crippen molar-refractivity contribution < 1.29 is 39.5 Å². The van der Waals surface area contributed by atoms with Gasteiger partial charge in [0.25, 0.3) is 0 Å². The van der Waals surface area contributed by atoms with Crippen molar-refractivity contribution in [1.29, 1.82) is 0 Å². The minimum Gasteiger partial charge on any atom is -0.504 e. The number of phenolic OH excluding ortho intramolecular Hbond substituents is 3. The van der Waals surface area contributed by atoms with E-state index in [1.165, 1.54) is 55.7 Å².